The molecule has 0 aliphatic heterocycles. The Hall–Kier alpha value is -1.51. The summed E-state index contributed by atoms with van der Waals surface area (Å²) < 4.78 is 5.02. The SMILES string of the molecule is COc1c(C)cc(CCC=O)cc1O. The Morgan fingerprint density at radius 2 is 2.21 bits per heavy atom. The minimum Gasteiger partial charge on any atom is -0.504 e. The van der Waals surface area contributed by atoms with Crippen molar-refractivity contribution in [3.8, 4) is 11.5 Å². The predicted molar refractivity (Wildman–Crippen MR) is 53.8 cm³/mol. The maximum atomic E-state index is 10.2. The minimum absolute atomic E-state index is 0.133. The number of aldehydes is 1. The first kappa shape index (κ1) is 10.6. The van der Waals surface area contributed by atoms with Crippen molar-refractivity contribution in [3.05, 3.63) is 23.3 Å². The van der Waals surface area contributed by atoms with E-state index < -0.39 is 0 Å². The van der Waals surface area contributed by atoms with E-state index in [1.54, 1.807) is 6.07 Å². The molecule has 0 amide bonds. The van der Waals surface area contributed by atoms with Gasteiger partial charge in [-0.25, -0.2) is 0 Å². The van der Waals surface area contributed by atoms with Gasteiger partial charge in [0, 0.05) is 6.42 Å². The molecule has 0 saturated heterocycles. The topological polar surface area (TPSA) is 46.5 Å². The molecule has 0 spiro atoms. The monoisotopic (exact) mass is 194 g/mol. The molecule has 0 saturated carbocycles. The molecule has 1 rings (SSSR count). The zero-order valence-corrected chi connectivity index (χ0v) is 8.41. The van der Waals surface area contributed by atoms with Gasteiger partial charge in [-0.05, 0) is 30.5 Å². The number of methoxy groups -OCH3 is 1. The third-order valence-electron chi connectivity index (χ3n) is 2.07. The zero-order valence-electron chi connectivity index (χ0n) is 8.41. The molecule has 0 atom stereocenters. The lowest BCUT2D eigenvalue weighted by Gasteiger charge is -2.09. The number of hydrogen-bond acceptors (Lipinski definition) is 3. The molecule has 1 N–H and O–H groups in total. The predicted octanol–water partition coefficient (Wildman–Crippen LogP) is 1.84. The van der Waals surface area contributed by atoms with Crippen LogP contribution < -0.4 is 4.74 Å². The largest absolute Gasteiger partial charge is 0.504 e. The van der Waals surface area contributed by atoms with E-state index in [9.17, 15) is 9.90 Å². The Labute approximate surface area is 83.3 Å². The van der Waals surface area contributed by atoms with Crippen LogP contribution >= 0.6 is 0 Å². The Kier molecular flexibility index (Phi) is 3.51. The number of rotatable bonds is 4. The smallest absolute Gasteiger partial charge is 0.163 e. The molecule has 3 heteroatoms. The van der Waals surface area contributed by atoms with Crippen LogP contribution in [0.1, 0.15) is 17.5 Å². The summed E-state index contributed by atoms with van der Waals surface area (Å²) in [5.41, 5.74) is 1.83. The number of phenols is 1. The van der Waals surface area contributed by atoms with Gasteiger partial charge in [0.2, 0.25) is 0 Å². The van der Waals surface area contributed by atoms with Crippen LogP contribution in [0.2, 0.25) is 0 Å². The molecule has 0 unspecified atom stereocenters. The summed E-state index contributed by atoms with van der Waals surface area (Å²) in [6, 6.07) is 3.55. The first-order valence-corrected chi connectivity index (χ1v) is 4.49. The third kappa shape index (κ3) is 2.25. The minimum atomic E-state index is 0.133. The van der Waals surface area contributed by atoms with Gasteiger partial charge in [-0.15, -0.1) is 0 Å². The number of benzene rings is 1. The number of phenolic OH excluding ortho intramolecular Hbond substituents is 1. The van der Waals surface area contributed by atoms with Gasteiger partial charge in [-0.1, -0.05) is 6.07 Å². The Balaban J connectivity index is 2.95. The van der Waals surface area contributed by atoms with Gasteiger partial charge in [0.25, 0.3) is 0 Å². The fourth-order valence-electron chi connectivity index (χ4n) is 1.46. The summed E-state index contributed by atoms with van der Waals surface area (Å²) >= 11 is 0. The number of carbonyl (C=O) groups is 1. The highest BCUT2D eigenvalue weighted by Crippen LogP contribution is 2.31. The van der Waals surface area contributed by atoms with Crippen molar-refractivity contribution < 1.29 is 14.6 Å². The highest BCUT2D eigenvalue weighted by molar-refractivity contribution is 5.52. The van der Waals surface area contributed by atoms with Crippen LogP contribution in [-0.4, -0.2) is 18.5 Å². The average molecular weight is 194 g/mol. The Morgan fingerprint density at radius 3 is 2.71 bits per heavy atom. The van der Waals surface area contributed by atoms with Crippen LogP contribution in [-0.2, 0) is 11.2 Å². The quantitative estimate of drug-likeness (QED) is 0.744. The van der Waals surface area contributed by atoms with Crippen molar-refractivity contribution in [1.29, 1.82) is 0 Å². The molecule has 0 aliphatic rings. The Bertz CT molecular complexity index is 308. The van der Waals surface area contributed by atoms with Gasteiger partial charge in [0.05, 0.1) is 7.11 Å². The summed E-state index contributed by atoms with van der Waals surface area (Å²) in [6.07, 6.45) is 2.00. The van der Waals surface area contributed by atoms with Crippen LogP contribution in [0.4, 0.5) is 0 Å². The van der Waals surface area contributed by atoms with Gasteiger partial charge >= 0.3 is 0 Å². The molecule has 0 aromatic heterocycles. The van der Waals surface area contributed by atoms with E-state index in [2.05, 4.69) is 0 Å². The van der Waals surface area contributed by atoms with Crippen molar-refractivity contribution >= 4 is 6.29 Å². The second kappa shape index (κ2) is 4.65. The fraction of sp³-hybridized carbons (Fsp3) is 0.364. The molecule has 1 aromatic carbocycles. The van der Waals surface area contributed by atoms with Crippen LogP contribution in [0.3, 0.4) is 0 Å². The maximum Gasteiger partial charge on any atom is 0.163 e. The van der Waals surface area contributed by atoms with Gasteiger partial charge in [0.15, 0.2) is 11.5 Å². The molecule has 14 heavy (non-hydrogen) atoms. The van der Waals surface area contributed by atoms with Crippen molar-refractivity contribution in [2.45, 2.75) is 19.8 Å². The number of aromatic hydroxyl groups is 1. The van der Waals surface area contributed by atoms with Crippen LogP contribution in [0, 0.1) is 6.92 Å². The third-order valence-corrected chi connectivity index (χ3v) is 2.07. The highest BCUT2D eigenvalue weighted by Gasteiger charge is 2.06. The van der Waals surface area contributed by atoms with Crippen molar-refractivity contribution in [1.82, 2.24) is 0 Å². The fourth-order valence-corrected chi connectivity index (χ4v) is 1.46. The number of hydrogen-bond donors (Lipinski definition) is 1. The molecule has 0 aliphatic carbocycles. The van der Waals surface area contributed by atoms with E-state index >= 15 is 0 Å². The molecular weight excluding hydrogens is 180 g/mol. The van der Waals surface area contributed by atoms with Gasteiger partial charge in [0.1, 0.15) is 6.29 Å². The summed E-state index contributed by atoms with van der Waals surface area (Å²) in [6.45, 7) is 1.86. The highest BCUT2D eigenvalue weighted by atomic mass is 16.5. The molecule has 76 valence electrons. The summed E-state index contributed by atoms with van der Waals surface area (Å²) in [4.78, 5) is 10.2. The molecule has 0 heterocycles. The van der Waals surface area contributed by atoms with E-state index in [0.717, 1.165) is 17.4 Å². The molecule has 0 radical (unpaired) electrons. The number of ether oxygens (including phenoxy) is 1. The van der Waals surface area contributed by atoms with Crippen molar-refractivity contribution in [2.75, 3.05) is 7.11 Å². The second-order valence-electron chi connectivity index (χ2n) is 3.17. The molecule has 1 aromatic rings. The first-order chi connectivity index (χ1) is 6.69. The normalized spacial score (nSPS) is 9.86. The molecule has 0 fully saturated rings. The number of carbonyl (C=O) groups excluding carboxylic acids is 1. The average Bonchev–Trinajstić information content (AvgIpc) is 2.14. The lowest BCUT2D eigenvalue weighted by Crippen LogP contribution is -1.92. The Morgan fingerprint density at radius 1 is 1.50 bits per heavy atom. The van der Waals surface area contributed by atoms with E-state index in [-0.39, 0.29) is 5.75 Å². The van der Waals surface area contributed by atoms with Crippen LogP contribution in [0.5, 0.6) is 11.5 Å². The zero-order chi connectivity index (χ0) is 10.6. The van der Waals surface area contributed by atoms with E-state index in [1.807, 2.05) is 13.0 Å². The van der Waals surface area contributed by atoms with E-state index in [1.165, 1.54) is 7.11 Å². The maximum absolute atomic E-state index is 10.2. The molecule has 0 bridgehead atoms. The van der Waals surface area contributed by atoms with Crippen LogP contribution in [0.25, 0.3) is 0 Å². The van der Waals surface area contributed by atoms with Gasteiger partial charge < -0.3 is 14.6 Å². The van der Waals surface area contributed by atoms with Gasteiger partial charge in [-0.2, -0.15) is 0 Å². The summed E-state index contributed by atoms with van der Waals surface area (Å²) in [7, 11) is 1.52. The van der Waals surface area contributed by atoms with Crippen molar-refractivity contribution in [2.24, 2.45) is 0 Å². The lowest BCUT2D eigenvalue weighted by atomic mass is 10.1. The molecule has 3 nitrogen and oxygen atoms in total. The summed E-state index contributed by atoms with van der Waals surface area (Å²) in [5, 5.41) is 9.56. The van der Waals surface area contributed by atoms with E-state index in [4.69, 9.17) is 4.74 Å². The van der Waals surface area contributed by atoms with Gasteiger partial charge in [-0.3, -0.25) is 0 Å². The van der Waals surface area contributed by atoms with E-state index in [0.29, 0.717) is 18.6 Å². The molecular formula is C11H14O3. The van der Waals surface area contributed by atoms with Crippen LogP contribution in [0.15, 0.2) is 12.1 Å². The second-order valence-corrected chi connectivity index (χ2v) is 3.17. The number of aryl methyl sites for hydroxylation is 2. The lowest BCUT2D eigenvalue weighted by molar-refractivity contribution is -0.107. The standard InChI is InChI=1S/C11H14O3/c1-8-6-9(4-3-5-12)7-10(13)11(8)14-2/h5-7,13H,3-4H2,1-2H3. The summed E-state index contributed by atoms with van der Waals surface area (Å²) in [5.74, 6) is 0.633. The van der Waals surface area contributed by atoms with Crippen molar-refractivity contribution in [3.63, 3.8) is 0 Å². The first-order valence-electron chi connectivity index (χ1n) is 4.49.